The Bertz CT molecular complexity index is 567. The molecule has 1 fully saturated rings. The number of benzene rings is 1. The highest BCUT2D eigenvalue weighted by molar-refractivity contribution is 7.89. The molecule has 1 N–H and O–H groups in total. The van der Waals surface area contributed by atoms with Gasteiger partial charge in [-0.15, -0.1) is 0 Å². The van der Waals surface area contributed by atoms with E-state index in [0.29, 0.717) is 25.7 Å². The summed E-state index contributed by atoms with van der Waals surface area (Å²) in [6.07, 6.45) is 2.32. The van der Waals surface area contributed by atoms with E-state index in [1.807, 2.05) is 0 Å². The smallest absolute Gasteiger partial charge is 0.245 e. The van der Waals surface area contributed by atoms with Crippen LogP contribution in [0.25, 0.3) is 0 Å². The monoisotopic (exact) mass is 300 g/mol. The molecule has 0 bridgehead atoms. The molecule has 1 aliphatic rings. The van der Waals surface area contributed by atoms with E-state index in [-0.39, 0.29) is 4.90 Å². The van der Waals surface area contributed by atoms with Crippen molar-refractivity contribution < 1.29 is 12.8 Å². The van der Waals surface area contributed by atoms with Crippen LogP contribution in [0.5, 0.6) is 0 Å². The molecule has 1 aromatic carbocycles. The SMILES string of the molecule is CCN(CC)S(=O)(=O)c1cc(CNC2CC2)ccc1F. The number of nitrogens with zero attached hydrogens (tertiary/aromatic N) is 1. The number of sulfonamides is 1. The Morgan fingerprint density at radius 3 is 2.50 bits per heavy atom. The molecule has 0 saturated heterocycles. The molecule has 1 aliphatic carbocycles. The predicted molar refractivity (Wildman–Crippen MR) is 76.4 cm³/mol. The summed E-state index contributed by atoms with van der Waals surface area (Å²) in [7, 11) is -3.75. The van der Waals surface area contributed by atoms with Gasteiger partial charge in [-0.3, -0.25) is 0 Å². The van der Waals surface area contributed by atoms with Gasteiger partial charge in [0.25, 0.3) is 0 Å². The van der Waals surface area contributed by atoms with Gasteiger partial charge in [-0.2, -0.15) is 4.31 Å². The third-order valence-electron chi connectivity index (χ3n) is 3.49. The standard InChI is InChI=1S/C14H21FN2O2S/c1-3-17(4-2)20(18,19)14-9-11(5-8-13(14)15)10-16-12-6-7-12/h5,8-9,12,16H,3-4,6-7,10H2,1-2H3. The minimum atomic E-state index is -3.75. The van der Waals surface area contributed by atoms with Crippen molar-refractivity contribution in [3.63, 3.8) is 0 Å². The van der Waals surface area contributed by atoms with Crippen LogP contribution in [0.1, 0.15) is 32.3 Å². The Kier molecular flexibility index (Phi) is 4.78. The zero-order valence-electron chi connectivity index (χ0n) is 11.9. The first-order valence-electron chi connectivity index (χ1n) is 7.01. The Balaban J connectivity index is 2.26. The van der Waals surface area contributed by atoms with Gasteiger partial charge in [-0.1, -0.05) is 19.9 Å². The Labute approximate surface area is 120 Å². The normalized spacial score (nSPS) is 15.8. The lowest BCUT2D eigenvalue weighted by Gasteiger charge is -2.19. The van der Waals surface area contributed by atoms with E-state index >= 15 is 0 Å². The van der Waals surface area contributed by atoms with Crippen LogP contribution in [-0.4, -0.2) is 31.9 Å². The summed E-state index contributed by atoms with van der Waals surface area (Å²) in [5.74, 6) is -0.688. The van der Waals surface area contributed by atoms with Crippen LogP contribution >= 0.6 is 0 Å². The molecule has 20 heavy (non-hydrogen) atoms. The van der Waals surface area contributed by atoms with Crippen LogP contribution in [0.2, 0.25) is 0 Å². The molecule has 0 amide bonds. The van der Waals surface area contributed by atoms with Crippen LogP contribution < -0.4 is 5.32 Å². The third kappa shape index (κ3) is 3.37. The van der Waals surface area contributed by atoms with E-state index in [0.717, 1.165) is 18.4 Å². The van der Waals surface area contributed by atoms with Gasteiger partial charge in [0, 0.05) is 25.7 Å². The maximum atomic E-state index is 13.9. The molecule has 2 rings (SSSR count). The van der Waals surface area contributed by atoms with Crippen molar-refractivity contribution in [3.05, 3.63) is 29.6 Å². The number of hydrogen-bond donors (Lipinski definition) is 1. The Morgan fingerprint density at radius 2 is 1.95 bits per heavy atom. The average Bonchev–Trinajstić information content (AvgIpc) is 3.22. The third-order valence-corrected chi connectivity index (χ3v) is 5.56. The van der Waals surface area contributed by atoms with Crippen LogP contribution in [0, 0.1) is 5.82 Å². The van der Waals surface area contributed by atoms with E-state index in [9.17, 15) is 12.8 Å². The van der Waals surface area contributed by atoms with Gasteiger partial charge in [0.1, 0.15) is 10.7 Å². The molecule has 0 atom stereocenters. The summed E-state index contributed by atoms with van der Waals surface area (Å²) in [6.45, 7) is 4.74. The van der Waals surface area contributed by atoms with Crippen LogP contribution in [-0.2, 0) is 16.6 Å². The first kappa shape index (κ1) is 15.4. The minimum Gasteiger partial charge on any atom is -0.310 e. The lowest BCUT2D eigenvalue weighted by Crippen LogP contribution is -2.31. The lowest BCUT2D eigenvalue weighted by molar-refractivity contribution is 0.439. The van der Waals surface area contributed by atoms with Gasteiger partial charge < -0.3 is 5.32 Å². The van der Waals surface area contributed by atoms with Gasteiger partial charge in [0.15, 0.2) is 0 Å². The molecule has 0 heterocycles. The first-order valence-corrected chi connectivity index (χ1v) is 8.45. The topological polar surface area (TPSA) is 49.4 Å². The first-order chi connectivity index (χ1) is 9.48. The van der Waals surface area contributed by atoms with Gasteiger partial charge in [0.2, 0.25) is 10.0 Å². The van der Waals surface area contributed by atoms with E-state index < -0.39 is 15.8 Å². The van der Waals surface area contributed by atoms with Crippen molar-refractivity contribution in [3.8, 4) is 0 Å². The van der Waals surface area contributed by atoms with Crippen molar-refractivity contribution in [1.82, 2.24) is 9.62 Å². The number of rotatable bonds is 7. The quantitative estimate of drug-likeness (QED) is 0.839. The maximum absolute atomic E-state index is 13.9. The lowest BCUT2D eigenvalue weighted by atomic mass is 10.2. The van der Waals surface area contributed by atoms with Crippen LogP contribution in [0.15, 0.2) is 23.1 Å². The van der Waals surface area contributed by atoms with E-state index in [4.69, 9.17) is 0 Å². The fourth-order valence-corrected chi connectivity index (χ4v) is 3.68. The van der Waals surface area contributed by atoms with Gasteiger partial charge >= 0.3 is 0 Å². The van der Waals surface area contributed by atoms with Crippen LogP contribution in [0.3, 0.4) is 0 Å². The minimum absolute atomic E-state index is 0.226. The van der Waals surface area contributed by atoms with Crippen molar-refractivity contribution in [2.45, 2.75) is 44.2 Å². The molecule has 112 valence electrons. The van der Waals surface area contributed by atoms with E-state index in [1.54, 1.807) is 19.9 Å². The molecule has 0 aliphatic heterocycles. The summed E-state index contributed by atoms with van der Waals surface area (Å²) in [5.41, 5.74) is 0.795. The molecule has 0 aromatic heterocycles. The van der Waals surface area contributed by atoms with Gasteiger partial charge in [-0.05, 0) is 30.5 Å². The summed E-state index contributed by atoms with van der Waals surface area (Å²) < 4.78 is 39.9. The highest BCUT2D eigenvalue weighted by Crippen LogP contribution is 2.22. The maximum Gasteiger partial charge on any atom is 0.245 e. The van der Waals surface area contributed by atoms with E-state index in [2.05, 4.69) is 5.32 Å². The molecule has 0 unspecified atom stereocenters. The summed E-state index contributed by atoms with van der Waals surface area (Å²) in [5, 5.41) is 3.30. The molecule has 6 heteroatoms. The summed E-state index contributed by atoms with van der Waals surface area (Å²) >= 11 is 0. The molecule has 1 saturated carbocycles. The molecule has 0 spiro atoms. The molecular weight excluding hydrogens is 279 g/mol. The Morgan fingerprint density at radius 1 is 1.30 bits per heavy atom. The van der Waals surface area contributed by atoms with Gasteiger partial charge in [-0.25, -0.2) is 12.8 Å². The van der Waals surface area contributed by atoms with Crippen molar-refractivity contribution in [2.75, 3.05) is 13.1 Å². The zero-order chi connectivity index (χ0) is 14.8. The van der Waals surface area contributed by atoms with Crippen molar-refractivity contribution in [2.24, 2.45) is 0 Å². The van der Waals surface area contributed by atoms with Gasteiger partial charge in [0.05, 0.1) is 0 Å². The second-order valence-electron chi connectivity index (χ2n) is 5.01. The number of halogens is 1. The molecular formula is C14H21FN2O2S. The predicted octanol–water partition coefficient (Wildman–Crippen LogP) is 2.11. The molecule has 0 radical (unpaired) electrons. The highest BCUT2D eigenvalue weighted by atomic mass is 32.2. The van der Waals surface area contributed by atoms with Crippen molar-refractivity contribution in [1.29, 1.82) is 0 Å². The van der Waals surface area contributed by atoms with Crippen molar-refractivity contribution >= 4 is 10.0 Å². The zero-order valence-corrected chi connectivity index (χ0v) is 12.7. The van der Waals surface area contributed by atoms with Crippen LogP contribution in [0.4, 0.5) is 4.39 Å². The molecule has 4 nitrogen and oxygen atoms in total. The fraction of sp³-hybridized carbons (Fsp3) is 0.571. The second kappa shape index (κ2) is 6.20. The number of nitrogens with one attached hydrogen (secondary N) is 1. The highest BCUT2D eigenvalue weighted by Gasteiger charge is 2.26. The summed E-state index contributed by atoms with van der Waals surface area (Å²) in [4.78, 5) is -0.226. The average molecular weight is 300 g/mol. The van der Waals surface area contributed by atoms with E-state index in [1.165, 1.54) is 16.4 Å². The molecule has 1 aromatic rings. The summed E-state index contributed by atoms with van der Waals surface area (Å²) in [6, 6.07) is 4.84. The largest absolute Gasteiger partial charge is 0.310 e. The Hall–Kier alpha value is -0.980. The second-order valence-corrected chi connectivity index (χ2v) is 6.92. The number of hydrogen-bond acceptors (Lipinski definition) is 3. The fourth-order valence-electron chi connectivity index (χ4n) is 2.11.